The van der Waals surface area contributed by atoms with E-state index in [2.05, 4.69) is 10.2 Å². The number of aromatic nitrogens is 4. The highest BCUT2D eigenvalue weighted by Crippen LogP contribution is 2.15. The van der Waals surface area contributed by atoms with E-state index in [0.717, 1.165) is 23.6 Å². The minimum Gasteiger partial charge on any atom is -0.336 e. The highest BCUT2D eigenvalue weighted by molar-refractivity contribution is 5.96. The van der Waals surface area contributed by atoms with Crippen molar-refractivity contribution in [1.29, 1.82) is 0 Å². The van der Waals surface area contributed by atoms with Crippen LogP contribution in [0.1, 0.15) is 34.4 Å². The van der Waals surface area contributed by atoms with Gasteiger partial charge in [-0.2, -0.15) is 10.2 Å². The van der Waals surface area contributed by atoms with Crippen molar-refractivity contribution in [1.82, 2.24) is 24.5 Å². The third-order valence-corrected chi connectivity index (χ3v) is 3.57. The molecular weight excluding hydrogens is 254 g/mol. The second-order valence-corrected chi connectivity index (χ2v) is 4.97. The lowest BCUT2D eigenvalue weighted by Crippen LogP contribution is -2.28. The Bertz CT molecular complexity index is 626. The maximum absolute atomic E-state index is 12.6. The summed E-state index contributed by atoms with van der Waals surface area (Å²) in [6.07, 6.45) is 1.76. The van der Waals surface area contributed by atoms with Crippen LogP contribution in [0.4, 0.5) is 0 Å². The number of carbonyl (C=O) groups is 1. The van der Waals surface area contributed by atoms with Gasteiger partial charge in [-0.3, -0.25) is 14.2 Å². The molecule has 2 aromatic heterocycles. The molecule has 0 aliphatic carbocycles. The van der Waals surface area contributed by atoms with E-state index in [0.29, 0.717) is 12.1 Å². The van der Waals surface area contributed by atoms with Gasteiger partial charge in [-0.05, 0) is 26.8 Å². The topological polar surface area (TPSA) is 56.0 Å². The number of hydrogen-bond donors (Lipinski definition) is 0. The van der Waals surface area contributed by atoms with Crippen molar-refractivity contribution in [3.05, 3.63) is 34.9 Å². The molecule has 6 nitrogen and oxygen atoms in total. The summed E-state index contributed by atoms with van der Waals surface area (Å²) in [5, 5.41) is 8.52. The Labute approximate surface area is 119 Å². The highest BCUT2D eigenvalue weighted by Gasteiger charge is 2.21. The first-order chi connectivity index (χ1) is 9.45. The lowest BCUT2D eigenvalue weighted by Gasteiger charge is -2.18. The summed E-state index contributed by atoms with van der Waals surface area (Å²) in [5.74, 6) is -0.00282. The molecule has 0 saturated heterocycles. The van der Waals surface area contributed by atoms with E-state index in [-0.39, 0.29) is 5.91 Å². The van der Waals surface area contributed by atoms with Crippen molar-refractivity contribution in [2.75, 3.05) is 7.05 Å². The lowest BCUT2D eigenvalue weighted by atomic mass is 10.1. The molecule has 0 bridgehead atoms. The fraction of sp³-hybridized carbons (Fsp3) is 0.500. The average Bonchev–Trinajstić information content (AvgIpc) is 2.94. The molecule has 2 heterocycles. The zero-order valence-corrected chi connectivity index (χ0v) is 12.7. The van der Waals surface area contributed by atoms with Crippen LogP contribution in [0.5, 0.6) is 0 Å². The second-order valence-electron chi connectivity index (χ2n) is 4.97. The third kappa shape index (κ3) is 2.45. The van der Waals surface area contributed by atoms with E-state index in [1.165, 1.54) is 0 Å². The van der Waals surface area contributed by atoms with E-state index in [4.69, 9.17) is 0 Å². The summed E-state index contributed by atoms with van der Waals surface area (Å²) in [4.78, 5) is 14.3. The summed E-state index contributed by atoms with van der Waals surface area (Å²) in [5.41, 5.74) is 3.38. The van der Waals surface area contributed by atoms with Crippen LogP contribution in [-0.4, -0.2) is 37.4 Å². The van der Waals surface area contributed by atoms with Crippen molar-refractivity contribution in [2.45, 2.75) is 33.9 Å². The Morgan fingerprint density at radius 3 is 2.65 bits per heavy atom. The van der Waals surface area contributed by atoms with Gasteiger partial charge in [0.2, 0.25) is 0 Å². The number of carbonyl (C=O) groups excluding carboxylic acids is 1. The molecule has 1 amide bonds. The van der Waals surface area contributed by atoms with E-state index in [9.17, 15) is 4.79 Å². The molecule has 0 unspecified atom stereocenters. The Kier molecular flexibility index (Phi) is 3.92. The maximum Gasteiger partial charge on any atom is 0.257 e. The van der Waals surface area contributed by atoms with Gasteiger partial charge in [-0.15, -0.1) is 0 Å². The molecule has 6 heteroatoms. The Morgan fingerprint density at radius 2 is 2.10 bits per heavy atom. The van der Waals surface area contributed by atoms with Gasteiger partial charge >= 0.3 is 0 Å². The first kappa shape index (κ1) is 14.3. The monoisotopic (exact) mass is 275 g/mol. The zero-order valence-electron chi connectivity index (χ0n) is 12.7. The quantitative estimate of drug-likeness (QED) is 0.850. The SMILES string of the molecule is CCn1nccc1CN(C)C(=O)c1c(C)nn(C)c1C. The van der Waals surface area contributed by atoms with Gasteiger partial charge in [-0.1, -0.05) is 0 Å². The molecule has 0 spiro atoms. The van der Waals surface area contributed by atoms with Crippen LogP contribution in [0.2, 0.25) is 0 Å². The minimum absolute atomic E-state index is 0.00282. The predicted octanol–water partition coefficient (Wildman–Crippen LogP) is 1.53. The van der Waals surface area contributed by atoms with E-state index in [1.807, 2.05) is 38.6 Å². The van der Waals surface area contributed by atoms with E-state index < -0.39 is 0 Å². The summed E-state index contributed by atoms with van der Waals surface area (Å²) in [6, 6.07) is 1.94. The van der Waals surface area contributed by atoms with Crippen LogP contribution in [0.3, 0.4) is 0 Å². The van der Waals surface area contributed by atoms with Gasteiger partial charge in [0.15, 0.2) is 0 Å². The van der Waals surface area contributed by atoms with Crippen molar-refractivity contribution < 1.29 is 4.79 Å². The van der Waals surface area contributed by atoms with Gasteiger partial charge in [0.05, 0.1) is 23.5 Å². The molecule has 0 aliphatic rings. The molecule has 0 fully saturated rings. The van der Waals surface area contributed by atoms with Crippen molar-refractivity contribution in [3.63, 3.8) is 0 Å². The molecule has 0 atom stereocenters. The molecular formula is C14H21N5O. The van der Waals surface area contributed by atoms with Gasteiger partial charge in [0.25, 0.3) is 5.91 Å². The molecule has 2 rings (SSSR count). The van der Waals surface area contributed by atoms with Crippen LogP contribution in [0.25, 0.3) is 0 Å². The number of amides is 1. The Balaban J connectivity index is 2.21. The molecule has 20 heavy (non-hydrogen) atoms. The molecule has 0 aliphatic heterocycles. The Hall–Kier alpha value is -2.11. The molecule has 2 aromatic rings. The van der Waals surface area contributed by atoms with Crippen LogP contribution < -0.4 is 0 Å². The molecule has 108 valence electrons. The van der Waals surface area contributed by atoms with Crippen LogP contribution in [0, 0.1) is 13.8 Å². The second kappa shape index (κ2) is 5.48. The van der Waals surface area contributed by atoms with Crippen molar-refractivity contribution >= 4 is 5.91 Å². The predicted molar refractivity (Wildman–Crippen MR) is 76.4 cm³/mol. The third-order valence-electron chi connectivity index (χ3n) is 3.57. The fourth-order valence-electron chi connectivity index (χ4n) is 2.37. The normalized spacial score (nSPS) is 10.8. The largest absolute Gasteiger partial charge is 0.336 e. The summed E-state index contributed by atoms with van der Waals surface area (Å²) in [6.45, 7) is 7.16. The van der Waals surface area contributed by atoms with Gasteiger partial charge in [0, 0.05) is 32.5 Å². The molecule has 0 saturated carbocycles. The average molecular weight is 275 g/mol. The first-order valence-electron chi connectivity index (χ1n) is 6.72. The smallest absolute Gasteiger partial charge is 0.257 e. The summed E-state index contributed by atoms with van der Waals surface area (Å²) < 4.78 is 3.64. The van der Waals surface area contributed by atoms with E-state index >= 15 is 0 Å². The molecule has 0 radical (unpaired) electrons. The molecule has 0 aromatic carbocycles. The number of aryl methyl sites for hydroxylation is 3. The number of rotatable bonds is 4. The van der Waals surface area contributed by atoms with Crippen LogP contribution >= 0.6 is 0 Å². The maximum atomic E-state index is 12.6. The summed E-state index contributed by atoms with van der Waals surface area (Å²) >= 11 is 0. The van der Waals surface area contributed by atoms with Gasteiger partial charge in [0.1, 0.15) is 0 Å². The number of hydrogen-bond acceptors (Lipinski definition) is 3. The van der Waals surface area contributed by atoms with Gasteiger partial charge in [-0.25, -0.2) is 0 Å². The van der Waals surface area contributed by atoms with Gasteiger partial charge < -0.3 is 4.90 Å². The van der Waals surface area contributed by atoms with Crippen LogP contribution in [0.15, 0.2) is 12.3 Å². The lowest BCUT2D eigenvalue weighted by molar-refractivity contribution is 0.0780. The van der Waals surface area contributed by atoms with Crippen molar-refractivity contribution in [2.24, 2.45) is 7.05 Å². The zero-order chi connectivity index (χ0) is 14.9. The minimum atomic E-state index is -0.00282. The van der Waals surface area contributed by atoms with Crippen molar-refractivity contribution in [3.8, 4) is 0 Å². The first-order valence-corrected chi connectivity index (χ1v) is 6.72. The van der Waals surface area contributed by atoms with E-state index in [1.54, 1.807) is 22.8 Å². The Morgan fingerprint density at radius 1 is 1.40 bits per heavy atom. The highest BCUT2D eigenvalue weighted by atomic mass is 16.2. The summed E-state index contributed by atoms with van der Waals surface area (Å²) in [7, 11) is 3.66. The standard InChI is InChI=1S/C14H21N5O/c1-6-19-12(7-8-15-19)9-17(4)14(20)13-10(2)16-18(5)11(13)3/h7-8H,6,9H2,1-5H3. The van der Waals surface area contributed by atoms with Crippen LogP contribution in [-0.2, 0) is 20.1 Å². The molecule has 0 N–H and O–H groups in total. The number of nitrogens with zero attached hydrogens (tertiary/aromatic N) is 5. The fourth-order valence-corrected chi connectivity index (χ4v) is 2.37.